The minimum atomic E-state index is -0.225. The van der Waals surface area contributed by atoms with Crippen molar-refractivity contribution in [1.29, 1.82) is 0 Å². The maximum absolute atomic E-state index is 13.2. The standard InChI is InChI=1S/C29H41N7O3/c1-18(2)24-15-30-36-26(14-25(19-7-8-19)32-28(24)36)31-20-12-21-9-10-22(13-20)35(21)29(38)39-23-16-34(17-23)27(37)6-5-11-33(3)4/h5-6,14-15,18-23,31H,7-13,16-17H2,1-4H3/b6-5+. The molecule has 0 aromatic carbocycles. The zero-order valence-corrected chi connectivity index (χ0v) is 23.5. The van der Waals surface area contributed by atoms with Gasteiger partial charge in [0.2, 0.25) is 5.91 Å². The van der Waals surface area contributed by atoms with Crippen LogP contribution in [0.5, 0.6) is 0 Å². The number of aromatic nitrogens is 3. The Labute approximate surface area is 230 Å². The van der Waals surface area contributed by atoms with E-state index in [0.717, 1.165) is 49.4 Å². The van der Waals surface area contributed by atoms with E-state index in [0.29, 0.717) is 24.9 Å². The Balaban J connectivity index is 1.06. The molecule has 2 bridgehead atoms. The first-order chi connectivity index (χ1) is 18.8. The summed E-state index contributed by atoms with van der Waals surface area (Å²) < 4.78 is 7.79. The Morgan fingerprint density at radius 2 is 1.87 bits per heavy atom. The van der Waals surface area contributed by atoms with Gasteiger partial charge in [0.1, 0.15) is 11.9 Å². The summed E-state index contributed by atoms with van der Waals surface area (Å²) in [5, 5.41) is 8.48. The molecule has 0 spiro atoms. The van der Waals surface area contributed by atoms with Crippen LogP contribution in [0.1, 0.15) is 75.5 Å². The van der Waals surface area contributed by atoms with Crippen molar-refractivity contribution < 1.29 is 14.3 Å². The summed E-state index contributed by atoms with van der Waals surface area (Å²) >= 11 is 0. The highest BCUT2D eigenvalue weighted by atomic mass is 16.6. The number of fused-ring (bicyclic) bond motifs is 3. The van der Waals surface area contributed by atoms with E-state index in [9.17, 15) is 9.59 Å². The number of amides is 2. The average Bonchev–Trinajstić information content (AvgIpc) is 3.56. The van der Waals surface area contributed by atoms with Crippen LogP contribution in [0, 0.1) is 0 Å². The molecule has 1 aliphatic carbocycles. The van der Waals surface area contributed by atoms with Crippen molar-refractivity contribution in [3.63, 3.8) is 0 Å². The third-order valence-corrected chi connectivity index (χ3v) is 8.59. The number of nitrogens with zero attached hydrogens (tertiary/aromatic N) is 6. The topological polar surface area (TPSA) is 95.3 Å². The zero-order chi connectivity index (χ0) is 27.3. The molecule has 5 heterocycles. The van der Waals surface area contributed by atoms with Crippen molar-refractivity contribution in [1.82, 2.24) is 29.3 Å². The number of carbonyl (C=O) groups excluding carboxylic acids is 2. The lowest BCUT2D eigenvalue weighted by Gasteiger charge is -2.42. The van der Waals surface area contributed by atoms with Crippen molar-refractivity contribution in [3.8, 4) is 0 Å². The molecule has 4 aliphatic rings. The fourth-order valence-corrected chi connectivity index (χ4v) is 6.26. The van der Waals surface area contributed by atoms with Crippen molar-refractivity contribution >= 4 is 23.5 Å². The van der Waals surface area contributed by atoms with Gasteiger partial charge in [0, 0.05) is 54.0 Å². The van der Waals surface area contributed by atoms with Crippen LogP contribution in [-0.2, 0) is 9.53 Å². The SMILES string of the molecule is CC(C)c1cnn2c(NC3CC4CCC(C3)N4C(=O)OC3CN(C(=O)/C=C/CN(C)C)C3)cc(C3CC3)nc12. The number of likely N-dealkylation sites (tertiary alicyclic amines) is 1. The number of hydrogen-bond acceptors (Lipinski definition) is 7. The molecule has 4 fully saturated rings. The van der Waals surface area contributed by atoms with Gasteiger partial charge in [0.25, 0.3) is 0 Å². The molecule has 3 saturated heterocycles. The van der Waals surface area contributed by atoms with Crippen LogP contribution < -0.4 is 5.32 Å². The molecule has 0 radical (unpaired) electrons. The quantitative estimate of drug-likeness (QED) is 0.516. The maximum atomic E-state index is 13.2. The maximum Gasteiger partial charge on any atom is 0.410 e. The lowest BCUT2D eigenvalue weighted by molar-refractivity contribution is -0.136. The van der Waals surface area contributed by atoms with Crippen molar-refractivity contribution in [2.75, 3.05) is 39.0 Å². The van der Waals surface area contributed by atoms with Gasteiger partial charge < -0.3 is 24.8 Å². The van der Waals surface area contributed by atoms with E-state index in [1.54, 1.807) is 11.0 Å². The van der Waals surface area contributed by atoms with Gasteiger partial charge in [0.05, 0.1) is 19.3 Å². The monoisotopic (exact) mass is 535 g/mol. The Bertz CT molecular complexity index is 1250. The minimum absolute atomic E-state index is 0.0242. The largest absolute Gasteiger partial charge is 0.442 e. The van der Waals surface area contributed by atoms with Crippen LogP contribution in [-0.4, -0.2) is 99.3 Å². The predicted octanol–water partition coefficient (Wildman–Crippen LogP) is 3.60. The molecule has 3 aliphatic heterocycles. The van der Waals surface area contributed by atoms with E-state index in [2.05, 4.69) is 30.3 Å². The number of piperidine rings is 1. The lowest BCUT2D eigenvalue weighted by Crippen LogP contribution is -2.57. The van der Waals surface area contributed by atoms with Crippen LogP contribution in [0.15, 0.2) is 24.4 Å². The molecule has 1 saturated carbocycles. The van der Waals surface area contributed by atoms with Crippen LogP contribution in [0.3, 0.4) is 0 Å². The molecule has 2 aromatic rings. The number of carbonyl (C=O) groups is 2. The molecule has 1 N–H and O–H groups in total. The number of nitrogens with one attached hydrogen (secondary N) is 1. The van der Waals surface area contributed by atoms with Gasteiger partial charge in [-0.25, -0.2) is 9.78 Å². The van der Waals surface area contributed by atoms with Gasteiger partial charge in [-0.15, -0.1) is 0 Å². The molecule has 10 nitrogen and oxygen atoms in total. The summed E-state index contributed by atoms with van der Waals surface area (Å²) in [7, 11) is 3.93. The summed E-state index contributed by atoms with van der Waals surface area (Å²) in [4.78, 5) is 36.1. The van der Waals surface area contributed by atoms with Crippen molar-refractivity contribution in [2.45, 2.75) is 88.4 Å². The molecular formula is C29H41N7O3. The molecule has 2 amide bonds. The van der Waals surface area contributed by atoms with Gasteiger partial charge in [-0.1, -0.05) is 19.9 Å². The fraction of sp³-hybridized carbons (Fsp3) is 0.655. The van der Waals surface area contributed by atoms with Gasteiger partial charge in [-0.3, -0.25) is 4.79 Å². The van der Waals surface area contributed by atoms with Gasteiger partial charge >= 0.3 is 6.09 Å². The highest BCUT2D eigenvalue weighted by molar-refractivity contribution is 5.88. The van der Waals surface area contributed by atoms with E-state index in [1.165, 1.54) is 18.4 Å². The second-order valence-corrected chi connectivity index (χ2v) is 12.3. The van der Waals surface area contributed by atoms with Crippen LogP contribution >= 0.6 is 0 Å². The van der Waals surface area contributed by atoms with E-state index in [4.69, 9.17) is 9.72 Å². The molecule has 6 rings (SSSR count). The second-order valence-electron chi connectivity index (χ2n) is 12.3. The Kier molecular flexibility index (Phi) is 6.99. The average molecular weight is 536 g/mol. The first-order valence-electron chi connectivity index (χ1n) is 14.5. The molecule has 39 heavy (non-hydrogen) atoms. The Morgan fingerprint density at radius 1 is 1.15 bits per heavy atom. The lowest BCUT2D eigenvalue weighted by atomic mass is 9.97. The van der Waals surface area contributed by atoms with Crippen LogP contribution in [0.4, 0.5) is 10.6 Å². The molecule has 10 heteroatoms. The molecule has 2 aromatic heterocycles. The fourth-order valence-electron chi connectivity index (χ4n) is 6.26. The third-order valence-electron chi connectivity index (χ3n) is 8.59. The smallest absolute Gasteiger partial charge is 0.410 e. The minimum Gasteiger partial charge on any atom is -0.442 e. The van der Waals surface area contributed by atoms with Crippen LogP contribution in [0.25, 0.3) is 5.65 Å². The van der Waals surface area contributed by atoms with E-state index < -0.39 is 0 Å². The van der Waals surface area contributed by atoms with Crippen molar-refractivity contribution in [2.24, 2.45) is 0 Å². The normalized spacial score (nSPS) is 25.2. The molecule has 210 valence electrons. The van der Waals surface area contributed by atoms with E-state index in [-0.39, 0.29) is 36.2 Å². The molecule has 2 atom stereocenters. The summed E-state index contributed by atoms with van der Waals surface area (Å²) in [5.74, 6) is 1.91. The molecule has 2 unspecified atom stereocenters. The number of hydrogen-bond donors (Lipinski definition) is 1. The highest BCUT2D eigenvalue weighted by Gasteiger charge is 2.45. The Morgan fingerprint density at radius 3 is 2.51 bits per heavy atom. The second kappa shape index (κ2) is 10.4. The summed E-state index contributed by atoms with van der Waals surface area (Å²) in [6.45, 7) is 6.02. The van der Waals surface area contributed by atoms with Gasteiger partial charge in [-0.05, 0) is 58.5 Å². The van der Waals surface area contributed by atoms with Crippen molar-refractivity contribution in [3.05, 3.63) is 35.7 Å². The van der Waals surface area contributed by atoms with Gasteiger partial charge in [-0.2, -0.15) is 9.61 Å². The highest BCUT2D eigenvalue weighted by Crippen LogP contribution is 2.41. The third kappa shape index (κ3) is 5.35. The van der Waals surface area contributed by atoms with Crippen LogP contribution in [0.2, 0.25) is 0 Å². The summed E-state index contributed by atoms with van der Waals surface area (Å²) in [6, 6.07) is 2.79. The summed E-state index contributed by atoms with van der Waals surface area (Å²) in [5.41, 5.74) is 3.30. The van der Waals surface area contributed by atoms with Gasteiger partial charge in [0.15, 0.2) is 5.65 Å². The molecular weight excluding hydrogens is 494 g/mol. The number of ether oxygens (including phenoxy) is 1. The predicted molar refractivity (Wildman–Crippen MR) is 149 cm³/mol. The number of anilines is 1. The Hall–Kier alpha value is -3.14. The zero-order valence-electron chi connectivity index (χ0n) is 23.5. The summed E-state index contributed by atoms with van der Waals surface area (Å²) in [6.07, 6.45) is 11.2. The number of likely N-dealkylation sites (N-methyl/N-ethyl adjacent to an activating group) is 1. The van der Waals surface area contributed by atoms with E-state index >= 15 is 0 Å². The first kappa shape index (κ1) is 26.1. The van der Waals surface area contributed by atoms with E-state index in [1.807, 2.05) is 40.7 Å². The first-order valence-corrected chi connectivity index (χ1v) is 14.5. The number of rotatable bonds is 8.